The summed E-state index contributed by atoms with van der Waals surface area (Å²) in [6.45, 7) is 2.24. The first kappa shape index (κ1) is 16.3. The van der Waals surface area contributed by atoms with Gasteiger partial charge in [-0.05, 0) is 37.5 Å². The van der Waals surface area contributed by atoms with Gasteiger partial charge in [0.1, 0.15) is 17.3 Å². The van der Waals surface area contributed by atoms with Gasteiger partial charge in [0, 0.05) is 10.6 Å². The molecule has 3 nitrogen and oxygen atoms in total. The lowest BCUT2D eigenvalue weighted by Gasteiger charge is -2.12. The van der Waals surface area contributed by atoms with E-state index in [0.717, 1.165) is 18.6 Å². The zero-order valence-electron chi connectivity index (χ0n) is 12.4. The number of amidine groups is 1. The van der Waals surface area contributed by atoms with E-state index < -0.39 is 17.7 Å². The van der Waals surface area contributed by atoms with Gasteiger partial charge in [0.05, 0.1) is 17.7 Å². The fraction of sp³-hybridized carbons (Fsp3) is 0.467. The van der Waals surface area contributed by atoms with Crippen LogP contribution >= 0.6 is 11.8 Å². The van der Waals surface area contributed by atoms with Crippen LogP contribution < -0.4 is 5.73 Å². The van der Waals surface area contributed by atoms with Crippen LogP contribution in [0.4, 0.5) is 23.2 Å². The zero-order chi connectivity index (χ0) is 16.8. The number of alkyl halides is 3. The minimum atomic E-state index is -4.28. The molecule has 2 aliphatic rings. The van der Waals surface area contributed by atoms with Crippen molar-refractivity contribution < 1.29 is 17.6 Å². The second kappa shape index (κ2) is 5.51. The van der Waals surface area contributed by atoms with Crippen LogP contribution in [-0.4, -0.2) is 30.0 Å². The van der Waals surface area contributed by atoms with Crippen molar-refractivity contribution in [2.75, 3.05) is 12.3 Å². The number of benzene rings is 1. The molecule has 8 heteroatoms. The maximum Gasteiger partial charge on any atom is 0.398 e. The molecule has 0 aromatic heterocycles. The average Bonchev–Trinajstić information content (AvgIpc) is 3.31. The van der Waals surface area contributed by atoms with E-state index in [2.05, 4.69) is 9.98 Å². The predicted molar refractivity (Wildman–Crippen MR) is 83.2 cm³/mol. The van der Waals surface area contributed by atoms with E-state index in [1.807, 2.05) is 0 Å². The van der Waals surface area contributed by atoms with Crippen molar-refractivity contribution in [3.63, 3.8) is 0 Å². The summed E-state index contributed by atoms with van der Waals surface area (Å²) >= 11 is 0.620. The summed E-state index contributed by atoms with van der Waals surface area (Å²) in [4.78, 5) is 8.64. The Labute approximate surface area is 135 Å². The minimum Gasteiger partial charge on any atom is -0.386 e. The third kappa shape index (κ3) is 3.52. The Kier molecular flexibility index (Phi) is 3.90. The lowest BCUT2D eigenvalue weighted by atomic mass is 10.0. The first-order chi connectivity index (χ1) is 10.7. The number of nitrogens with two attached hydrogens (primary N) is 1. The number of nitrogens with zero attached hydrogens (tertiary/aromatic N) is 2. The highest BCUT2D eigenvalue weighted by molar-refractivity contribution is 7.99. The van der Waals surface area contributed by atoms with Crippen molar-refractivity contribution in [2.24, 2.45) is 21.1 Å². The smallest absolute Gasteiger partial charge is 0.386 e. The second-order valence-corrected chi connectivity index (χ2v) is 6.83. The Hall–Kier alpha value is -1.57. The highest BCUT2D eigenvalue weighted by Gasteiger charge is 2.54. The quantitative estimate of drug-likeness (QED) is 0.379. The van der Waals surface area contributed by atoms with Crippen LogP contribution in [0.25, 0.3) is 0 Å². The summed E-state index contributed by atoms with van der Waals surface area (Å²) in [6.07, 6.45) is -2.61. The van der Waals surface area contributed by atoms with Crippen LogP contribution in [0.3, 0.4) is 0 Å². The fourth-order valence-electron chi connectivity index (χ4n) is 2.44. The number of hydrogen-bond donors (Lipinski definition) is 1. The molecule has 1 aromatic rings. The maximum absolute atomic E-state index is 14.1. The molecule has 1 saturated carbocycles. The van der Waals surface area contributed by atoms with Crippen molar-refractivity contribution >= 4 is 29.0 Å². The van der Waals surface area contributed by atoms with Crippen LogP contribution in [0.1, 0.15) is 18.4 Å². The number of aliphatic imine (C=N–C) groups is 2. The van der Waals surface area contributed by atoms with Crippen molar-refractivity contribution in [3.05, 3.63) is 23.5 Å². The fourth-order valence-corrected chi connectivity index (χ4v) is 3.24. The number of thioether (sulfide) groups is 1. The van der Waals surface area contributed by atoms with Gasteiger partial charge < -0.3 is 5.73 Å². The van der Waals surface area contributed by atoms with E-state index in [-0.39, 0.29) is 11.1 Å². The predicted octanol–water partition coefficient (Wildman–Crippen LogP) is 4.01. The molecule has 3 rings (SSSR count). The summed E-state index contributed by atoms with van der Waals surface area (Å²) in [7, 11) is 0. The molecule has 124 valence electrons. The molecule has 0 atom stereocenters. The largest absolute Gasteiger partial charge is 0.398 e. The van der Waals surface area contributed by atoms with Gasteiger partial charge in [-0.15, -0.1) is 11.8 Å². The summed E-state index contributed by atoms with van der Waals surface area (Å²) < 4.78 is 51.2. The van der Waals surface area contributed by atoms with E-state index >= 15 is 0 Å². The Balaban J connectivity index is 1.86. The van der Waals surface area contributed by atoms with Gasteiger partial charge in [-0.1, -0.05) is 0 Å². The normalized spacial score (nSPS) is 19.5. The average molecular weight is 345 g/mol. The molecule has 2 N–H and O–H groups in total. The zero-order valence-corrected chi connectivity index (χ0v) is 13.2. The molecule has 0 amide bonds. The third-order valence-electron chi connectivity index (χ3n) is 3.99. The van der Waals surface area contributed by atoms with Crippen LogP contribution in [0.15, 0.2) is 27.0 Å². The molecule has 0 spiro atoms. The van der Waals surface area contributed by atoms with E-state index in [1.165, 1.54) is 12.1 Å². The number of halogens is 4. The molecular weight excluding hydrogens is 330 g/mol. The Morgan fingerprint density at radius 2 is 2.04 bits per heavy atom. The summed E-state index contributed by atoms with van der Waals surface area (Å²) in [5, 5.41) is 0. The highest BCUT2D eigenvalue weighted by Crippen LogP contribution is 2.50. The van der Waals surface area contributed by atoms with E-state index in [1.54, 1.807) is 6.92 Å². The molecule has 0 unspecified atom stereocenters. The molecule has 1 aliphatic heterocycles. The minimum absolute atomic E-state index is 0.0229. The van der Waals surface area contributed by atoms with Gasteiger partial charge in [0.2, 0.25) is 0 Å². The summed E-state index contributed by atoms with van der Waals surface area (Å²) in [5.74, 6) is -1.32. The van der Waals surface area contributed by atoms with Gasteiger partial charge in [-0.3, -0.25) is 4.99 Å². The number of rotatable bonds is 5. The van der Waals surface area contributed by atoms with E-state index in [9.17, 15) is 17.6 Å². The van der Waals surface area contributed by atoms with Gasteiger partial charge in [-0.2, -0.15) is 13.2 Å². The van der Waals surface area contributed by atoms with E-state index in [4.69, 9.17) is 5.73 Å². The van der Waals surface area contributed by atoms with Crippen molar-refractivity contribution in [1.29, 1.82) is 0 Å². The van der Waals surface area contributed by atoms with Crippen LogP contribution in [0, 0.1) is 18.2 Å². The van der Waals surface area contributed by atoms with Crippen LogP contribution in [-0.2, 0) is 0 Å². The van der Waals surface area contributed by atoms with Gasteiger partial charge >= 0.3 is 6.18 Å². The van der Waals surface area contributed by atoms with Crippen molar-refractivity contribution in [1.82, 2.24) is 0 Å². The highest BCUT2D eigenvalue weighted by atomic mass is 32.2. The molecule has 23 heavy (non-hydrogen) atoms. The van der Waals surface area contributed by atoms with Gasteiger partial charge in [0.15, 0.2) is 0 Å². The standard InChI is InChI=1S/C15H15F4N3S/c1-8-4-9(16)10(5-11(8)23-7-15(17,18)19)22-13(20)14(2-3-14)12-6-21-12/h4-5H,2-3,6-7H2,1H3,(H2,20,22). The molecule has 1 aromatic carbocycles. The molecule has 0 saturated heterocycles. The summed E-state index contributed by atoms with van der Waals surface area (Å²) in [5.41, 5.74) is 7.07. The first-order valence-electron chi connectivity index (χ1n) is 7.09. The topological polar surface area (TPSA) is 50.7 Å². The Morgan fingerprint density at radius 3 is 2.57 bits per heavy atom. The van der Waals surface area contributed by atoms with Crippen molar-refractivity contribution in [3.8, 4) is 0 Å². The van der Waals surface area contributed by atoms with E-state index in [0.29, 0.717) is 34.6 Å². The molecule has 0 bridgehead atoms. The summed E-state index contributed by atoms with van der Waals surface area (Å²) in [6, 6.07) is 2.53. The van der Waals surface area contributed by atoms with Gasteiger partial charge in [0.25, 0.3) is 0 Å². The lowest BCUT2D eigenvalue weighted by molar-refractivity contribution is -0.105. The van der Waals surface area contributed by atoms with Gasteiger partial charge in [-0.25, -0.2) is 9.38 Å². The number of aryl methyl sites for hydroxylation is 1. The maximum atomic E-state index is 14.1. The molecular formula is C15H15F4N3S. The second-order valence-electron chi connectivity index (χ2n) is 5.82. The van der Waals surface area contributed by atoms with Crippen molar-refractivity contribution in [2.45, 2.75) is 30.8 Å². The van der Waals surface area contributed by atoms with Crippen LogP contribution in [0.2, 0.25) is 0 Å². The Bertz CT molecular complexity index is 705. The molecule has 1 fully saturated rings. The molecule has 0 radical (unpaired) electrons. The first-order valence-corrected chi connectivity index (χ1v) is 8.08. The Morgan fingerprint density at radius 1 is 1.39 bits per heavy atom. The molecule has 1 heterocycles. The third-order valence-corrected chi connectivity index (χ3v) is 5.21. The van der Waals surface area contributed by atoms with Crippen LogP contribution in [0.5, 0.6) is 0 Å². The monoisotopic (exact) mass is 345 g/mol. The number of hydrogen-bond acceptors (Lipinski definition) is 3. The SMILES string of the molecule is Cc1cc(F)c(N=C(N)C2(C3=NC3)CC2)cc1SCC(F)(F)F. The lowest BCUT2D eigenvalue weighted by Crippen LogP contribution is -2.29. The molecule has 1 aliphatic carbocycles.